The SMILES string of the molecule is Cn1ccnc1CCC(N)C(C)(C)N1CCCC1. The van der Waals surface area contributed by atoms with Crippen LogP contribution in [0.15, 0.2) is 12.4 Å². The molecule has 1 aliphatic heterocycles. The van der Waals surface area contributed by atoms with Gasteiger partial charge in [0, 0.05) is 37.4 Å². The Hall–Kier alpha value is -0.870. The lowest BCUT2D eigenvalue weighted by atomic mass is 9.90. The summed E-state index contributed by atoms with van der Waals surface area (Å²) in [5.41, 5.74) is 6.52. The van der Waals surface area contributed by atoms with E-state index in [1.165, 1.54) is 25.9 Å². The van der Waals surface area contributed by atoms with E-state index in [9.17, 15) is 0 Å². The van der Waals surface area contributed by atoms with Crippen molar-refractivity contribution in [2.24, 2.45) is 12.8 Å². The lowest BCUT2D eigenvalue weighted by molar-refractivity contribution is 0.119. The highest BCUT2D eigenvalue weighted by Gasteiger charge is 2.34. The summed E-state index contributed by atoms with van der Waals surface area (Å²) in [6, 6.07) is 0.201. The third-order valence-electron chi connectivity index (χ3n) is 4.43. The van der Waals surface area contributed by atoms with Gasteiger partial charge in [-0.2, -0.15) is 0 Å². The van der Waals surface area contributed by atoms with Crippen LogP contribution >= 0.6 is 0 Å². The Balaban J connectivity index is 1.90. The van der Waals surface area contributed by atoms with Crippen molar-refractivity contribution in [1.82, 2.24) is 14.5 Å². The van der Waals surface area contributed by atoms with Gasteiger partial charge in [-0.25, -0.2) is 4.98 Å². The summed E-state index contributed by atoms with van der Waals surface area (Å²) >= 11 is 0. The van der Waals surface area contributed by atoms with Crippen molar-refractivity contribution >= 4 is 0 Å². The zero-order valence-corrected chi connectivity index (χ0v) is 11.9. The lowest BCUT2D eigenvalue weighted by Gasteiger charge is -2.40. The highest BCUT2D eigenvalue weighted by molar-refractivity contribution is 4.97. The van der Waals surface area contributed by atoms with Gasteiger partial charge in [-0.3, -0.25) is 4.90 Å². The maximum atomic E-state index is 6.42. The second-order valence-corrected chi connectivity index (χ2v) is 5.95. The molecule has 1 fully saturated rings. The quantitative estimate of drug-likeness (QED) is 0.862. The van der Waals surface area contributed by atoms with Crippen molar-refractivity contribution in [3.05, 3.63) is 18.2 Å². The molecule has 102 valence electrons. The molecular formula is C14H26N4. The predicted molar refractivity (Wildman–Crippen MR) is 74.4 cm³/mol. The molecule has 2 rings (SSSR count). The highest BCUT2D eigenvalue weighted by Crippen LogP contribution is 2.25. The van der Waals surface area contributed by atoms with Gasteiger partial charge in [0.2, 0.25) is 0 Å². The number of rotatable bonds is 5. The van der Waals surface area contributed by atoms with Crippen LogP contribution in [-0.2, 0) is 13.5 Å². The van der Waals surface area contributed by atoms with Crippen molar-refractivity contribution in [3.8, 4) is 0 Å². The summed E-state index contributed by atoms with van der Waals surface area (Å²) in [4.78, 5) is 6.90. The van der Waals surface area contributed by atoms with Gasteiger partial charge in [-0.15, -0.1) is 0 Å². The fourth-order valence-electron chi connectivity index (χ4n) is 2.80. The zero-order valence-electron chi connectivity index (χ0n) is 11.9. The topological polar surface area (TPSA) is 47.1 Å². The van der Waals surface area contributed by atoms with Crippen LogP contribution in [0, 0.1) is 0 Å². The molecule has 0 aromatic carbocycles. The minimum atomic E-state index is 0.0989. The smallest absolute Gasteiger partial charge is 0.108 e. The standard InChI is InChI=1S/C14H26N4/c1-14(2,18-9-4-5-10-18)12(15)6-7-13-16-8-11-17(13)3/h8,11-12H,4-7,9-10,15H2,1-3H3. The first-order valence-electron chi connectivity index (χ1n) is 6.98. The molecule has 0 saturated carbocycles. The van der Waals surface area contributed by atoms with E-state index in [1.807, 2.05) is 19.4 Å². The molecule has 2 heterocycles. The van der Waals surface area contributed by atoms with E-state index < -0.39 is 0 Å². The number of likely N-dealkylation sites (tertiary alicyclic amines) is 1. The number of hydrogen-bond donors (Lipinski definition) is 1. The molecule has 2 N–H and O–H groups in total. The largest absolute Gasteiger partial charge is 0.338 e. The average Bonchev–Trinajstić information content (AvgIpc) is 2.97. The van der Waals surface area contributed by atoms with Crippen molar-refractivity contribution in [2.45, 2.75) is 51.1 Å². The Bertz CT molecular complexity index is 377. The van der Waals surface area contributed by atoms with Crippen LogP contribution in [0.1, 0.15) is 38.9 Å². The first-order chi connectivity index (χ1) is 8.51. The number of hydrogen-bond acceptors (Lipinski definition) is 3. The molecule has 1 aromatic heterocycles. The number of nitrogens with two attached hydrogens (primary N) is 1. The normalized spacial score (nSPS) is 19.3. The van der Waals surface area contributed by atoms with Crippen LogP contribution in [-0.4, -0.2) is 39.1 Å². The van der Waals surface area contributed by atoms with Crippen molar-refractivity contribution in [1.29, 1.82) is 0 Å². The van der Waals surface area contributed by atoms with Crippen molar-refractivity contribution < 1.29 is 0 Å². The molecule has 0 bridgehead atoms. The fraction of sp³-hybridized carbons (Fsp3) is 0.786. The molecule has 0 amide bonds. The van der Waals surface area contributed by atoms with E-state index in [0.717, 1.165) is 18.7 Å². The van der Waals surface area contributed by atoms with Crippen LogP contribution in [0.4, 0.5) is 0 Å². The van der Waals surface area contributed by atoms with Gasteiger partial charge >= 0.3 is 0 Å². The third kappa shape index (κ3) is 2.75. The molecule has 1 aliphatic rings. The Labute approximate surface area is 110 Å². The lowest BCUT2D eigenvalue weighted by Crippen LogP contribution is -2.55. The van der Waals surface area contributed by atoms with Crippen molar-refractivity contribution in [3.63, 3.8) is 0 Å². The van der Waals surface area contributed by atoms with Crippen LogP contribution in [0.3, 0.4) is 0 Å². The van der Waals surface area contributed by atoms with Gasteiger partial charge in [-0.1, -0.05) is 0 Å². The molecule has 1 unspecified atom stereocenters. The molecule has 0 spiro atoms. The molecule has 4 nitrogen and oxygen atoms in total. The first-order valence-corrected chi connectivity index (χ1v) is 6.98. The summed E-state index contributed by atoms with van der Waals surface area (Å²) in [6.07, 6.45) is 8.43. The maximum absolute atomic E-state index is 6.42. The monoisotopic (exact) mass is 250 g/mol. The van der Waals surface area contributed by atoms with E-state index >= 15 is 0 Å². The number of imidazole rings is 1. The van der Waals surface area contributed by atoms with Gasteiger partial charge in [0.25, 0.3) is 0 Å². The maximum Gasteiger partial charge on any atom is 0.108 e. The highest BCUT2D eigenvalue weighted by atomic mass is 15.2. The molecule has 18 heavy (non-hydrogen) atoms. The third-order valence-corrected chi connectivity index (χ3v) is 4.43. The Morgan fingerprint density at radius 1 is 1.39 bits per heavy atom. The van der Waals surface area contributed by atoms with Crippen LogP contribution < -0.4 is 5.73 Å². The Morgan fingerprint density at radius 2 is 2.06 bits per heavy atom. The van der Waals surface area contributed by atoms with Crippen LogP contribution in [0.25, 0.3) is 0 Å². The molecule has 0 radical (unpaired) electrons. The number of aryl methyl sites for hydroxylation is 2. The number of nitrogens with zero attached hydrogens (tertiary/aromatic N) is 3. The molecule has 1 saturated heterocycles. The first kappa shape index (κ1) is 13.6. The van der Waals surface area contributed by atoms with Gasteiger partial charge in [-0.05, 0) is 46.2 Å². The van der Waals surface area contributed by atoms with E-state index in [0.29, 0.717) is 0 Å². The summed E-state index contributed by atoms with van der Waals surface area (Å²) in [5.74, 6) is 1.13. The van der Waals surface area contributed by atoms with E-state index in [2.05, 4.69) is 28.3 Å². The van der Waals surface area contributed by atoms with E-state index in [-0.39, 0.29) is 11.6 Å². The Morgan fingerprint density at radius 3 is 2.61 bits per heavy atom. The van der Waals surface area contributed by atoms with Gasteiger partial charge in [0.15, 0.2) is 0 Å². The molecule has 4 heteroatoms. The zero-order chi connectivity index (χ0) is 13.2. The number of aromatic nitrogens is 2. The molecule has 1 atom stereocenters. The second-order valence-electron chi connectivity index (χ2n) is 5.95. The second kappa shape index (κ2) is 5.41. The van der Waals surface area contributed by atoms with Gasteiger partial charge in [0.1, 0.15) is 5.82 Å². The summed E-state index contributed by atoms with van der Waals surface area (Å²) in [6.45, 7) is 6.95. The summed E-state index contributed by atoms with van der Waals surface area (Å²) in [7, 11) is 2.04. The van der Waals surface area contributed by atoms with Crippen LogP contribution in [0.5, 0.6) is 0 Å². The van der Waals surface area contributed by atoms with E-state index in [1.54, 1.807) is 0 Å². The van der Waals surface area contributed by atoms with Gasteiger partial charge < -0.3 is 10.3 Å². The molecule has 0 aliphatic carbocycles. The van der Waals surface area contributed by atoms with E-state index in [4.69, 9.17) is 5.73 Å². The molecular weight excluding hydrogens is 224 g/mol. The average molecular weight is 250 g/mol. The fourth-order valence-corrected chi connectivity index (χ4v) is 2.80. The molecule has 1 aromatic rings. The van der Waals surface area contributed by atoms with Gasteiger partial charge in [0.05, 0.1) is 0 Å². The minimum Gasteiger partial charge on any atom is -0.338 e. The Kier molecular flexibility index (Phi) is 4.07. The van der Waals surface area contributed by atoms with Crippen LogP contribution in [0.2, 0.25) is 0 Å². The minimum absolute atomic E-state index is 0.0989. The predicted octanol–water partition coefficient (Wildman–Crippen LogP) is 1.55. The van der Waals surface area contributed by atoms with Crippen molar-refractivity contribution in [2.75, 3.05) is 13.1 Å². The summed E-state index contributed by atoms with van der Waals surface area (Å²) in [5, 5.41) is 0. The summed E-state index contributed by atoms with van der Waals surface area (Å²) < 4.78 is 2.08.